The van der Waals surface area contributed by atoms with Gasteiger partial charge in [-0.1, -0.05) is 0 Å². The number of hydrogen-bond donors (Lipinski definition) is 0. The first-order valence-corrected chi connectivity index (χ1v) is 9.24. The minimum atomic E-state index is -4.51. The van der Waals surface area contributed by atoms with Gasteiger partial charge in [0.05, 0.1) is 11.8 Å². The summed E-state index contributed by atoms with van der Waals surface area (Å²) in [7, 11) is 0. The molecule has 5 rings (SSSR count). The fraction of sp³-hybridized carbons (Fsp3) is 1.00. The van der Waals surface area contributed by atoms with Crippen molar-refractivity contribution in [2.75, 3.05) is 0 Å². The lowest BCUT2D eigenvalue weighted by Gasteiger charge is -2.58. The Morgan fingerprint density at radius 2 is 0.833 bits per heavy atom. The van der Waals surface area contributed by atoms with Crippen LogP contribution in [0.2, 0.25) is 0 Å². The van der Waals surface area contributed by atoms with Gasteiger partial charge >= 0.3 is 12.4 Å². The second-order valence-corrected chi connectivity index (χ2v) is 8.95. The Hall–Kier alpha value is -0.420. The van der Waals surface area contributed by atoms with Crippen LogP contribution in [-0.4, -0.2) is 12.4 Å². The van der Waals surface area contributed by atoms with E-state index in [1.54, 1.807) is 0 Å². The first kappa shape index (κ1) is 17.0. The van der Waals surface area contributed by atoms with Gasteiger partial charge < -0.3 is 0 Å². The van der Waals surface area contributed by atoms with Gasteiger partial charge in [0.2, 0.25) is 0 Å². The molecular weight excluding hydrogens is 330 g/mol. The molecule has 6 heteroatoms. The molecule has 2 unspecified atom stereocenters. The zero-order valence-corrected chi connectivity index (χ0v) is 13.5. The zero-order valence-electron chi connectivity index (χ0n) is 13.5. The average molecular weight is 354 g/mol. The monoisotopic (exact) mass is 354 g/mol. The summed E-state index contributed by atoms with van der Waals surface area (Å²) in [6.07, 6.45) is -4.53. The normalized spacial score (nSPS) is 48.8. The summed E-state index contributed by atoms with van der Waals surface area (Å²) in [5.41, 5.74) is 0. The number of halogens is 6. The highest BCUT2D eigenvalue weighted by Crippen LogP contribution is 2.61. The van der Waals surface area contributed by atoms with Gasteiger partial charge in [0.1, 0.15) is 0 Å². The molecule has 0 N–H and O–H groups in total. The molecular formula is C18H24F6. The third kappa shape index (κ3) is 2.96. The van der Waals surface area contributed by atoms with Crippen LogP contribution >= 0.6 is 0 Å². The highest BCUT2D eigenvalue weighted by molar-refractivity contribution is 5.02. The highest BCUT2D eigenvalue weighted by Gasteiger charge is 2.57. The van der Waals surface area contributed by atoms with Crippen LogP contribution in [0, 0.1) is 47.3 Å². The van der Waals surface area contributed by atoms with Gasteiger partial charge in [0, 0.05) is 0 Å². The van der Waals surface area contributed by atoms with Crippen molar-refractivity contribution in [3.05, 3.63) is 0 Å². The molecule has 5 fully saturated rings. The van der Waals surface area contributed by atoms with E-state index in [0.717, 1.165) is 25.7 Å². The summed E-state index contributed by atoms with van der Waals surface area (Å²) >= 11 is 0. The van der Waals surface area contributed by atoms with Gasteiger partial charge in [0.25, 0.3) is 0 Å². The van der Waals surface area contributed by atoms with E-state index >= 15 is 0 Å². The third-order valence-corrected chi connectivity index (χ3v) is 7.51. The summed E-state index contributed by atoms with van der Waals surface area (Å²) in [6, 6.07) is 0. The molecule has 0 radical (unpaired) electrons. The molecule has 24 heavy (non-hydrogen) atoms. The van der Waals surface area contributed by atoms with E-state index < -0.39 is 36.5 Å². The van der Waals surface area contributed by atoms with Crippen LogP contribution in [0.25, 0.3) is 0 Å². The van der Waals surface area contributed by atoms with Crippen molar-refractivity contribution in [3.8, 4) is 0 Å². The summed E-state index contributed by atoms with van der Waals surface area (Å²) in [5.74, 6) is -1.72. The van der Waals surface area contributed by atoms with Crippen molar-refractivity contribution in [2.24, 2.45) is 47.3 Å². The first-order chi connectivity index (χ1) is 11.1. The molecule has 0 amide bonds. The smallest absolute Gasteiger partial charge is 0.171 e. The van der Waals surface area contributed by atoms with Gasteiger partial charge in [-0.2, -0.15) is 26.3 Å². The van der Waals surface area contributed by atoms with Crippen molar-refractivity contribution >= 4 is 0 Å². The molecule has 0 aromatic heterocycles. The maximum Gasteiger partial charge on any atom is 0.391 e. The topological polar surface area (TPSA) is 0 Å². The Labute approximate surface area is 138 Å². The lowest BCUT2D eigenvalue weighted by Crippen LogP contribution is -2.50. The lowest BCUT2D eigenvalue weighted by molar-refractivity contribution is -0.235. The quantitative estimate of drug-likeness (QED) is 0.491. The SMILES string of the molecule is FC(F)(F)C1CC(C2C3CC4CC(C3)CC2C4)CC(C(F)(F)F)C1. The number of hydrogen-bond acceptors (Lipinski definition) is 0. The predicted octanol–water partition coefficient (Wildman–Crippen LogP) is 6.22. The van der Waals surface area contributed by atoms with Crippen LogP contribution in [-0.2, 0) is 0 Å². The molecule has 138 valence electrons. The summed E-state index contributed by atoms with van der Waals surface area (Å²) in [4.78, 5) is 0. The van der Waals surface area contributed by atoms with Crippen LogP contribution < -0.4 is 0 Å². The average Bonchev–Trinajstić information content (AvgIpc) is 2.44. The van der Waals surface area contributed by atoms with Gasteiger partial charge in [-0.25, -0.2) is 0 Å². The van der Waals surface area contributed by atoms with E-state index in [1.807, 2.05) is 0 Å². The summed E-state index contributed by atoms with van der Waals surface area (Å²) in [5, 5.41) is 0. The molecule has 0 nitrogen and oxygen atoms in total. The van der Waals surface area contributed by atoms with Gasteiger partial charge in [-0.15, -0.1) is 0 Å². The molecule has 2 atom stereocenters. The molecule has 0 aromatic rings. The lowest BCUT2D eigenvalue weighted by atomic mass is 9.48. The zero-order chi connectivity index (χ0) is 17.3. The molecule has 0 aromatic carbocycles. The minimum Gasteiger partial charge on any atom is -0.171 e. The van der Waals surface area contributed by atoms with E-state index in [1.165, 1.54) is 6.42 Å². The Morgan fingerprint density at radius 1 is 0.458 bits per heavy atom. The Morgan fingerprint density at radius 3 is 1.21 bits per heavy atom. The van der Waals surface area contributed by atoms with Crippen LogP contribution in [0.5, 0.6) is 0 Å². The Balaban J connectivity index is 1.57. The fourth-order valence-corrected chi connectivity index (χ4v) is 6.95. The Bertz CT molecular complexity index is 429. The number of rotatable bonds is 1. The molecule has 0 heterocycles. The first-order valence-electron chi connectivity index (χ1n) is 9.24. The summed E-state index contributed by atoms with van der Waals surface area (Å²) in [6.45, 7) is 0. The molecule has 0 aliphatic heterocycles. The van der Waals surface area contributed by atoms with Crippen molar-refractivity contribution in [2.45, 2.75) is 63.7 Å². The highest BCUT2D eigenvalue weighted by atomic mass is 19.4. The molecule has 0 spiro atoms. The van der Waals surface area contributed by atoms with Crippen LogP contribution in [0.15, 0.2) is 0 Å². The van der Waals surface area contributed by atoms with E-state index in [9.17, 15) is 26.3 Å². The van der Waals surface area contributed by atoms with Crippen molar-refractivity contribution in [1.82, 2.24) is 0 Å². The predicted molar refractivity (Wildman–Crippen MR) is 77.0 cm³/mol. The maximum absolute atomic E-state index is 13.2. The molecule has 4 bridgehead atoms. The van der Waals surface area contributed by atoms with E-state index in [2.05, 4.69) is 0 Å². The molecule has 5 saturated carbocycles. The maximum atomic E-state index is 13.2. The van der Waals surface area contributed by atoms with Crippen LogP contribution in [0.1, 0.15) is 51.4 Å². The van der Waals surface area contributed by atoms with Crippen molar-refractivity contribution in [3.63, 3.8) is 0 Å². The second-order valence-electron chi connectivity index (χ2n) is 8.95. The van der Waals surface area contributed by atoms with E-state index in [0.29, 0.717) is 23.7 Å². The molecule has 0 saturated heterocycles. The van der Waals surface area contributed by atoms with Gasteiger partial charge in [-0.05, 0) is 86.9 Å². The fourth-order valence-electron chi connectivity index (χ4n) is 6.95. The standard InChI is InChI=1S/C18H24F6/c19-17(20,21)14-6-13(7-15(8-14)18(22,23)24)16-11-2-9-1-10(4-11)5-12(16)3-9/h9-16H,1-8H2. The van der Waals surface area contributed by atoms with Gasteiger partial charge in [0.15, 0.2) is 0 Å². The molecule has 5 aliphatic carbocycles. The van der Waals surface area contributed by atoms with Crippen molar-refractivity contribution in [1.29, 1.82) is 0 Å². The largest absolute Gasteiger partial charge is 0.391 e. The van der Waals surface area contributed by atoms with Crippen LogP contribution in [0.3, 0.4) is 0 Å². The van der Waals surface area contributed by atoms with E-state index in [4.69, 9.17) is 0 Å². The minimum absolute atomic E-state index is 0.0803. The van der Waals surface area contributed by atoms with Crippen LogP contribution in [0.4, 0.5) is 26.3 Å². The third-order valence-electron chi connectivity index (χ3n) is 7.51. The second kappa shape index (κ2) is 5.54. The number of alkyl halides is 6. The molecule has 5 aliphatic rings. The van der Waals surface area contributed by atoms with E-state index in [-0.39, 0.29) is 18.8 Å². The summed E-state index contributed by atoms with van der Waals surface area (Å²) < 4.78 is 79.4. The van der Waals surface area contributed by atoms with Crippen molar-refractivity contribution < 1.29 is 26.3 Å². The van der Waals surface area contributed by atoms with Gasteiger partial charge in [-0.3, -0.25) is 0 Å². The Kier molecular flexibility index (Phi) is 3.93.